The van der Waals surface area contributed by atoms with Crippen molar-refractivity contribution in [2.24, 2.45) is 0 Å². The van der Waals surface area contributed by atoms with Gasteiger partial charge in [-0.2, -0.15) is 0 Å². The average molecular weight is 389 g/mol. The molecule has 0 saturated carbocycles. The SMILES string of the molecule is CCOC(=O)C(Cc1ccccc1)c1cc(CC)c(-c2ccccc2)n1C(C)=O. The molecule has 3 rings (SSSR count). The van der Waals surface area contributed by atoms with Crippen molar-refractivity contribution in [2.45, 2.75) is 39.5 Å². The summed E-state index contributed by atoms with van der Waals surface area (Å²) in [6.07, 6.45) is 1.24. The van der Waals surface area contributed by atoms with Crippen LogP contribution in [0.4, 0.5) is 0 Å². The normalized spacial score (nSPS) is 11.8. The van der Waals surface area contributed by atoms with E-state index in [0.717, 1.165) is 28.8 Å². The summed E-state index contributed by atoms with van der Waals surface area (Å²) in [5.74, 6) is -0.969. The van der Waals surface area contributed by atoms with Crippen LogP contribution in [0.2, 0.25) is 0 Å². The van der Waals surface area contributed by atoms with Gasteiger partial charge in [-0.25, -0.2) is 0 Å². The van der Waals surface area contributed by atoms with Crippen LogP contribution in [-0.2, 0) is 22.4 Å². The number of aromatic nitrogens is 1. The molecule has 4 nitrogen and oxygen atoms in total. The van der Waals surface area contributed by atoms with Gasteiger partial charge in [0.1, 0.15) is 5.92 Å². The lowest BCUT2D eigenvalue weighted by molar-refractivity contribution is -0.145. The number of esters is 1. The second kappa shape index (κ2) is 9.37. The third kappa shape index (κ3) is 4.48. The van der Waals surface area contributed by atoms with Crippen LogP contribution in [0, 0.1) is 0 Å². The van der Waals surface area contributed by atoms with E-state index >= 15 is 0 Å². The molecule has 1 heterocycles. The van der Waals surface area contributed by atoms with Crippen LogP contribution in [0.3, 0.4) is 0 Å². The van der Waals surface area contributed by atoms with Crippen LogP contribution < -0.4 is 0 Å². The van der Waals surface area contributed by atoms with E-state index in [2.05, 4.69) is 6.92 Å². The largest absolute Gasteiger partial charge is 0.465 e. The van der Waals surface area contributed by atoms with Crippen molar-refractivity contribution in [2.75, 3.05) is 6.61 Å². The number of hydrogen-bond donors (Lipinski definition) is 0. The number of hydrogen-bond acceptors (Lipinski definition) is 3. The quantitative estimate of drug-likeness (QED) is 0.518. The van der Waals surface area contributed by atoms with E-state index in [0.29, 0.717) is 18.7 Å². The maximum absolute atomic E-state index is 12.9. The molecule has 4 heteroatoms. The number of rotatable bonds is 7. The van der Waals surface area contributed by atoms with Gasteiger partial charge in [-0.3, -0.25) is 14.2 Å². The van der Waals surface area contributed by atoms with Gasteiger partial charge in [0.05, 0.1) is 12.3 Å². The van der Waals surface area contributed by atoms with Crippen molar-refractivity contribution in [1.82, 2.24) is 4.57 Å². The molecule has 0 aliphatic rings. The van der Waals surface area contributed by atoms with E-state index in [1.54, 1.807) is 18.4 Å². The third-order valence-electron chi connectivity index (χ3n) is 5.06. The zero-order valence-electron chi connectivity index (χ0n) is 17.2. The molecule has 0 bridgehead atoms. The van der Waals surface area contributed by atoms with E-state index in [-0.39, 0.29) is 11.9 Å². The smallest absolute Gasteiger partial charge is 0.315 e. The van der Waals surface area contributed by atoms with E-state index in [4.69, 9.17) is 4.74 Å². The lowest BCUT2D eigenvalue weighted by atomic mass is 9.95. The Bertz CT molecular complexity index is 974. The Hall–Kier alpha value is -3.14. The molecule has 150 valence electrons. The fourth-order valence-corrected chi connectivity index (χ4v) is 3.76. The van der Waals surface area contributed by atoms with E-state index in [1.807, 2.05) is 66.7 Å². The summed E-state index contributed by atoms with van der Waals surface area (Å²) in [6, 6.07) is 21.7. The molecule has 29 heavy (non-hydrogen) atoms. The number of carbonyl (C=O) groups is 2. The Labute approximate surface area is 172 Å². The van der Waals surface area contributed by atoms with Crippen molar-refractivity contribution in [1.29, 1.82) is 0 Å². The van der Waals surface area contributed by atoms with Gasteiger partial charge in [0.2, 0.25) is 5.91 Å². The number of carbonyl (C=O) groups excluding carboxylic acids is 2. The minimum absolute atomic E-state index is 0.110. The van der Waals surface area contributed by atoms with Gasteiger partial charge < -0.3 is 4.74 Å². The predicted octanol–water partition coefficient (Wildman–Crippen LogP) is 5.27. The van der Waals surface area contributed by atoms with Crippen molar-refractivity contribution in [3.63, 3.8) is 0 Å². The second-order valence-corrected chi connectivity index (χ2v) is 7.01. The molecule has 0 aliphatic heterocycles. The Morgan fingerprint density at radius 3 is 2.14 bits per heavy atom. The summed E-state index contributed by atoms with van der Waals surface area (Å²) < 4.78 is 7.08. The minimum atomic E-state index is -0.552. The molecule has 0 amide bonds. The fraction of sp³-hybridized carbons (Fsp3) is 0.280. The highest BCUT2D eigenvalue weighted by Gasteiger charge is 2.30. The summed E-state index contributed by atoms with van der Waals surface area (Å²) in [7, 11) is 0. The van der Waals surface area contributed by atoms with Crippen molar-refractivity contribution in [3.05, 3.63) is 83.6 Å². The van der Waals surface area contributed by atoms with Crippen LogP contribution >= 0.6 is 0 Å². The first-order valence-corrected chi connectivity index (χ1v) is 10.1. The molecule has 0 fully saturated rings. The lowest BCUT2D eigenvalue weighted by Gasteiger charge is -2.19. The molecule has 0 N–H and O–H groups in total. The van der Waals surface area contributed by atoms with E-state index < -0.39 is 5.92 Å². The molecule has 2 aromatic carbocycles. The van der Waals surface area contributed by atoms with Crippen molar-refractivity contribution in [3.8, 4) is 11.3 Å². The monoisotopic (exact) mass is 389 g/mol. The van der Waals surface area contributed by atoms with Gasteiger partial charge in [0.25, 0.3) is 0 Å². The summed E-state index contributed by atoms with van der Waals surface area (Å²) in [5, 5.41) is 0. The Morgan fingerprint density at radius 2 is 1.59 bits per heavy atom. The first-order chi connectivity index (χ1) is 14.1. The maximum Gasteiger partial charge on any atom is 0.315 e. The summed E-state index contributed by atoms with van der Waals surface area (Å²) in [6.45, 7) is 5.71. The first-order valence-electron chi connectivity index (χ1n) is 10.1. The zero-order valence-corrected chi connectivity index (χ0v) is 17.2. The molecular formula is C25H27NO3. The van der Waals surface area contributed by atoms with E-state index in [1.165, 1.54) is 0 Å². The molecular weight excluding hydrogens is 362 g/mol. The predicted molar refractivity (Wildman–Crippen MR) is 115 cm³/mol. The van der Waals surface area contributed by atoms with Gasteiger partial charge in [0.15, 0.2) is 0 Å². The van der Waals surface area contributed by atoms with Crippen LogP contribution in [0.25, 0.3) is 11.3 Å². The highest BCUT2D eigenvalue weighted by molar-refractivity contribution is 5.88. The highest BCUT2D eigenvalue weighted by atomic mass is 16.5. The van der Waals surface area contributed by atoms with E-state index in [9.17, 15) is 9.59 Å². The second-order valence-electron chi connectivity index (χ2n) is 7.01. The van der Waals surface area contributed by atoms with Crippen molar-refractivity contribution >= 4 is 11.9 Å². The summed E-state index contributed by atoms with van der Waals surface area (Å²) in [5.41, 5.74) is 4.59. The molecule has 1 aromatic heterocycles. The zero-order chi connectivity index (χ0) is 20.8. The Kier molecular flexibility index (Phi) is 6.65. The molecule has 0 spiro atoms. The lowest BCUT2D eigenvalue weighted by Crippen LogP contribution is -2.23. The standard InChI is InChI=1S/C25H27NO3/c1-4-20-17-23(26(18(3)27)24(20)21-14-10-7-11-15-21)22(25(28)29-5-2)16-19-12-8-6-9-13-19/h6-15,17,22H,4-5,16H2,1-3H3. The number of aryl methyl sites for hydroxylation is 1. The Morgan fingerprint density at radius 1 is 0.966 bits per heavy atom. The summed E-state index contributed by atoms with van der Waals surface area (Å²) in [4.78, 5) is 25.7. The van der Waals surface area contributed by atoms with Gasteiger partial charge in [-0.05, 0) is 42.5 Å². The molecule has 3 aromatic rings. The van der Waals surface area contributed by atoms with Gasteiger partial charge in [-0.1, -0.05) is 67.6 Å². The topological polar surface area (TPSA) is 48.3 Å². The fourth-order valence-electron chi connectivity index (χ4n) is 3.76. The maximum atomic E-state index is 12.9. The molecule has 1 atom stereocenters. The third-order valence-corrected chi connectivity index (χ3v) is 5.06. The molecule has 0 radical (unpaired) electrons. The highest BCUT2D eigenvalue weighted by Crippen LogP contribution is 2.33. The van der Waals surface area contributed by atoms with Crippen LogP contribution in [0.1, 0.15) is 48.3 Å². The molecule has 0 saturated heterocycles. The Balaban J connectivity index is 2.18. The van der Waals surface area contributed by atoms with Crippen molar-refractivity contribution < 1.29 is 14.3 Å². The summed E-state index contributed by atoms with van der Waals surface area (Å²) >= 11 is 0. The van der Waals surface area contributed by atoms with Crippen LogP contribution in [-0.4, -0.2) is 23.1 Å². The van der Waals surface area contributed by atoms with Crippen LogP contribution in [0.5, 0.6) is 0 Å². The number of ether oxygens (including phenoxy) is 1. The van der Waals surface area contributed by atoms with Gasteiger partial charge in [-0.15, -0.1) is 0 Å². The minimum Gasteiger partial charge on any atom is -0.465 e. The molecule has 1 unspecified atom stereocenters. The van der Waals surface area contributed by atoms with Crippen LogP contribution in [0.15, 0.2) is 66.7 Å². The first kappa shape index (κ1) is 20.6. The van der Waals surface area contributed by atoms with Gasteiger partial charge in [0, 0.05) is 12.6 Å². The molecule has 0 aliphatic carbocycles. The van der Waals surface area contributed by atoms with Gasteiger partial charge >= 0.3 is 5.97 Å². The number of benzene rings is 2. The number of nitrogens with zero attached hydrogens (tertiary/aromatic N) is 1. The average Bonchev–Trinajstić information content (AvgIpc) is 3.13.